The van der Waals surface area contributed by atoms with Crippen molar-refractivity contribution in [2.24, 2.45) is 5.10 Å². The number of para-hydroxylation sites is 1. The Balaban J connectivity index is 1.49. The third kappa shape index (κ3) is 3.21. The van der Waals surface area contributed by atoms with Crippen molar-refractivity contribution >= 4 is 50.3 Å². The summed E-state index contributed by atoms with van der Waals surface area (Å²) in [4.78, 5) is 16.5. The number of hydrazone groups is 1. The van der Waals surface area contributed by atoms with E-state index < -0.39 is 0 Å². The van der Waals surface area contributed by atoms with Crippen LogP contribution in [-0.2, 0) is 0 Å². The lowest BCUT2D eigenvalue weighted by Crippen LogP contribution is -2.18. The van der Waals surface area contributed by atoms with Crippen LogP contribution in [0.3, 0.4) is 0 Å². The standard InChI is InChI=1S/C18H14BrN5OS/c1-10-12(11-4-2-3-5-13(11)21-10)9-20-24-18(25)15-8-14(22-23-15)16-6-7-17(19)26-16/h2-9,21H,1H3,(H,22,23)(H,24,25). The minimum Gasteiger partial charge on any atom is -0.358 e. The molecule has 3 N–H and O–H groups in total. The van der Waals surface area contributed by atoms with Gasteiger partial charge in [-0.25, -0.2) is 5.43 Å². The number of fused-ring (bicyclic) bond motifs is 1. The summed E-state index contributed by atoms with van der Waals surface area (Å²) in [7, 11) is 0. The molecule has 4 rings (SSSR count). The number of benzene rings is 1. The van der Waals surface area contributed by atoms with Gasteiger partial charge in [0, 0.05) is 22.2 Å². The summed E-state index contributed by atoms with van der Waals surface area (Å²) < 4.78 is 1.02. The first-order valence-electron chi connectivity index (χ1n) is 7.83. The van der Waals surface area contributed by atoms with Crippen LogP contribution in [0.5, 0.6) is 0 Å². The number of H-pyrrole nitrogens is 2. The number of thiophene rings is 1. The minimum absolute atomic E-state index is 0.289. The summed E-state index contributed by atoms with van der Waals surface area (Å²) in [6.07, 6.45) is 1.65. The van der Waals surface area contributed by atoms with Crippen LogP contribution in [0, 0.1) is 6.92 Å². The highest BCUT2D eigenvalue weighted by Crippen LogP contribution is 2.30. The average Bonchev–Trinajstić information content (AvgIpc) is 3.34. The van der Waals surface area contributed by atoms with Crippen LogP contribution in [0.1, 0.15) is 21.7 Å². The van der Waals surface area contributed by atoms with Crippen molar-refractivity contribution in [2.45, 2.75) is 6.92 Å². The second-order valence-electron chi connectivity index (χ2n) is 5.68. The van der Waals surface area contributed by atoms with Crippen molar-refractivity contribution in [3.8, 4) is 10.6 Å². The molecule has 0 aliphatic carbocycles. The predicted molar refractivity (Wildman–Crippen MR) is 108 cm³/mol. The van der Waals surface area contributed by atoms with Crippen LogP contribution in [0.15, 0.2) is 51.4 Å². The molecule has 0 aliphatic heterocycles. The van der Waals surface area contributed by atoms with Crippen LogP contribution in [0.4, 0.5) is 0 Å². The highest BCUT2D eigenvalue weighted by molar-refractivity contribution is 9.11. The van der Waals surface area contributed by atoms with Crippen LogP contribution < -0.4 is 5.43 Å². The maximum Gasteiger partial charge on any atom is 0.291 e. The smallest absolute Gasteiger partial charge is 0.291 e. The molecule has 8 heteroatoms. The SMILES string of the molecule is Cc1[nH]c2ccccc2c1C=NNC(=O)c1cc(-c2ccc(Br)s2)[nH]n1. The van der Waals surface area contributed by atoms with E-state index in [2.05, 4.69) is 41.6 Å². The Hall–Kier alpha value is -2.71. The number of amides is 1. The Morgan fingerprint density at radius 1 is 1.31 bits per heavy atom. The number of aromatic amines is 2. The number of rotatable bonds is 4. The van der Waals surface area contributed by atoms with E-state index in [1.54, 1.807) is 23.6 Å². The molecule has 0 radical (unpaired) electrons. The van der Waals surface area contributed by atoms with Crippen molar-refractivity contribution in [3.05, 3.63) is 63.2 Å². The third-order valence-corrected chi connectivity index (χ3v) is 5.61. The molecule has 1 aromatic carbocycles. The zero-order valence-electron chi connectivity index (χ0n) is 13.7. The predicted octanol–water partition coefficient (Wildman–Crippen LogP) is 4.45. The van der Waals surface area contributed by atoms with Crippen LogP contribution in [-0.4, -0.2) is 27.3 Å². The summed E-state index contributed by atoms with van der Waals surface area (Å²) in [5.74, 6) is -0.364. The number of carbonyl (C=O) groups is 1. The summed E-state index contributed by atoms with van der Waals surface area (Å²) in [5.41, 5.74) is 6.60. The van der Waals surface area contributed by atoms with Gasteiger partial charge in [0.2, 0.25) is 0 Å². The van der Waals surface area contributed by atoms with Gasteiger partial charge >= 0.3 is 0 Å². The molecule has 0 saturated heterocycles. The highest BCUT2D eigenvalue weighted by Gasteiger charge is 2.12. The first-order chi connectivity index (χ1) is 12.6. The number of hydrogen-bond acceptors (Lipinski definition) is 4. The normalized spacial score (nSPS) is 11.5. The van der Waals surface area contributed by atoms with E-state index in [4.69, 9.17) is 0 Å². The maximum absolute atomic E-state index is 12.3. The number of nitrogens with zero attached hydrogens (tertiary/aromatic N) is 2. The Morgan fingerprint density at radius 2 is 2.15 bits per heavy atom. The van der Waals surface area contributed by atoms with Gasteiger partial charge in [0.25, 0.3) is 5.91 Å². The molecule has 0 bridgehead atoms. The molecule has 0 aliphatic rings. The molecule has 1 amide bonds. The number of halogens is 1. The summed E-state index contributed by atoms with van der Waals surface area (Å²) in [6.45, 7) is 1.97. The lowest BCUT2D eigenvalue weighted by molar-refractivity contribution is 0.0950. The van der Waals surface area contributed by atoms with E-state index in [0.717, 1.165) is 36.5 Å². The molecule has 0 atom stereocenters. The molecule has 4 aromatic rings. The molecule has 26 heavy (non-hydrogen) atoms. The molecular formula is C18H14BrN5OS. The Kier molecular flexibility index (Phi) is 4.44. The van der Waals surface area contributed by atoms with Gasteiger partial charge in [-0.05, 0) is 47.1 Å². The summed E-state index contributed by atoms with van der Waals surface area (Å²) in [5, 5.41) is 12.1. The zero-order chi connectivity index (χ0) is 18.1. The quantitative estimate of drug-likeness (QED) is 0.331. The number of hydrogen-bond donors (Lipinski definition) is 3. The molecule has 0 fully saturated rings. The van der Waals surface area contributed by atoms with Gasteiger partial charge in [-0.2, -0.15) is 10.2 Å². The molecular weight excluding hydrogens is 414 g/mol. The second-order valence-corrected chi connectivity index (χ2v) is 8.14. The summed E-state index contributed by atoms with van der Waals surface area (Å²) in [6, 6.07) is 13.6. The van der Waals surface area contributed by atoms with E-state index in [-0.39, 0.29) is 11.6 Å². The average molecular weight is 428 g/mol. The fourth-order valence-electron chi connectivity index (χ4n) is 2.70. The van der Waals surface area contributed by atoms with Crippen molar-refractivity contribution in [3.63, 3.8) is 0 Å². The molecule has 0 saturated carbocycles. The van der Waals surface area contributed by atoms with Crippen LogP contribution >= 0.6 is 27.3 Å². The zero-order valence-corrected chi connectivity index (χ0v) is 16.1. The minimum atomic E-state index is -0.364. The van der Waals surface area contributed by atoms with Crippen LogP contribution in [0.25, 0.3) is 21.5 Å². The molecule has 0 unspecified atom stereocenters. The Bertz CT molecular complexity index is 1120. The van der Waals surface area contributed by atoms with Gasteiger partial charge in [0.15, 0.2) is 5.69 Å². The van der Waals surface area contributed by atoms with Crippen molar-refractivity contribution in [2.75, 3.05) is 0 Å². The first kappa shape index (κ1) is 16.7. The Morgan fingerprint density at radius 3 is 2.96 bits per heavy atom. The largest absolute Gasteiger partial charge is 0.358 e. The van der Waals surface area contributed by atoms with E-state index >= 15 is 0 Å². The highest BCUT2D eigenvalue weighted by atomic mass is 79.9. The fourth-order valence-corrected chi connectivity index (χ4v) is 4.05. The first-order valence-corrected chi connectivity index (χ1v) is 9.44. The van der Waals surface area contributed by atoms with E-state index in [9.17, 15) is 4.79 Å². The molecule has 6 nitrogen and oxygen atoms in total. The van der Waals surface area contributed by atoms with Gasteiger partial charge in [-0.15, -0.1) is 11.3 Å². The monoisotopic (exact) mass is 427 g/mol. The number of carbonyl (C=O) groups excluding carboxylic acids is 1. The van der Waals surface area contributed by atoms with Gasteiger partial charge in [0.1, 0.15) is 0 Å². The molecule has 3 heterocycles. The number of aryl methyl sites for hydroxylation is 1. The van der Waals surface area contributed by atoms with Gasteiger partial charge < -0.3 is 4.98 Å². The van der Waals surface area contributed by atoms with E-state index in [1.807, 2.05) is 43.3 Å². The fraction of sp³-hybridized carbons (Fsp3) is 0.0556. The topological polar surface area (TPSA) is 85.9 Å². The van der Waals surface area contributed by atoms with Crippen LogP contribution in [0.2, 0.25) is 0 Å². The third-order valence-electron chi connectivity index (χ3n) is 3.95. The van der Waals surface area contributed by atoms with Gasteiger partial charge in [-0.3, -0.25) is 9.89 Å². The maximum atomic E-state index is 12.3. The van der Waals surface area contributed by atoms with Crippen molar-refractivity contribution in [1.29, 1.82) is 0 Å². The molecule has 130 valence electrons. The summed E-state index contributed by atoms with van der Waals surface area (Å²) >= 11 is 4.99. The van der Waals surface area contributed by atoms with Crippen molar-refractivity contribution < 1.29 is 4.79 Å². The number of aromatic nitrogens is 3. The van der Waals surface area contributed by atoms with E-state index in [0.29, 0.717) is 0 Å². The lowest BCUT2D eigenvalue weighted by Gasteiger charge is -1.96. The van der Waals surface area contributed by atoms with E-state index in [1.165, 1.54) is 0 Å². The van der Waals surface area contributed by atoms with Crippen molar-refractivity contribution in [1.82, 2.24) is 20.6 Å². The van der Waals surface area contributed by atoms with Gasteiger partial charge in [0.05, 0.1) is 20.6 Å². The number of nitrogens with one attached hydrogen (secondary N) is 3. The lowest BCUT2D eigenvalue weighted by atomic mass is 10.1. The van der Waals surface area contributed by atoms with Gasteiger partial charge in [-0.1, -0.05) is 18.2 Å². The molecule has 3 aromatic heterocycles. The Labute approximate surface area is 161 Å². The second kappa shape index (κ2) is 6.89. The molecule has 0 spiro atoms.